The van der Waals surface area contributed by atoms with Crippen molar-refractivity contribution in [2.75, 3.05) is 37.8 Å². The Kier molecular flexibility index (Phi) is 3.61. The van der Waals surface area contributed by atoms with E-state index in [1.54, 1.807) is 11.3 Å². The van der Waals surface area contributed by atoms with Crippen LogP contribution in [-0.4, -0.2) is 38.1 Å². The number of nitrogens with two attached hydrogens (primary N) is 1. The van der Waals surface area contributed by atoms with Crippen molar-refractivity contribution in [1.29, 1.82) is 5.26 Å². The zero-order valence-corrected chi connectivity index (χ0v) is 13.0. The highest BCUT2D eigenvalue weighted by Crippen LogP contribution is 2.52. The van der Waals surface area contributed by atoms with Crippen LogP contribution in [0.5, 0.6) is 0 Å². The molecule has 0 bridgehead atoms. The minimum atomic E-state index is 0.562. The standard InChI is InChI=1S/C15H22N4S/c1-18(2)9-11-4-3-7-19(11)15-13(10-5-6-10)14(17)12(8-16)20-15/h10-11H,3-7,9,17H2,1-2H3. The summed E-state index contributed by atoms with van der Waals surface area (Å²) < 4.78 is 0. The number of hydrogen-bond donors (Lipinski definition) is 1. The predicted octanol–water partition coefficient (Wildman–Crippen LogP) is 2.61. The van der Waals surface area contributed by atoms with Crippen LogP contribution in [0.1, 0.15) is 42.0 Å². The Labute approximate surface area is 124 Å². The van der Waals surface area contributed by atoms with Gasteiger partial charge in [-0.1, -0.05) is 0 Å². The maximum absolute atomic E-state index is 9.27. The van der Waals surface area contributed by atoms with Crippen molar-refractivity contribution in [2.45, 2.75) is 37.6 Å². The van der Waals surface area contributed by atoms with Crippen molar-refractivity contribution in [1.82, 2.24) is 4.90 Å². The summed E-state index contributed by atoms with van der Waals surface area (Å²) in [7, 11) is 4.25. The molecule has 0 amide bonds. The summed E-state index contributed by atoms with van der Waals surface area (Å²) in [6.45, 7) is 2.17. The molecule has 0 aromatic carbocycles. The van der Waals surface area contributed by atoms with Gasteiger partial charge in [0.15, 0.2) is 0 Å². The second-order valence-corrected chi connectivity index (χ2v) is 7.20. The third kappa shape index (κ3) is 2.38. The van der Waals surface area contributed by atoms with Crippen LogP contribution in [0.2, 0.25) is 0 Å². The van der Waals surface area contributed by atoms with Gasteiger partial charge in [-0.2, -0.15) is 5.26 Å². The number of anilines is 2. The van der Waals surface area contributed by atoms with Gasteiger partial charge in [0.25, 0.3) is 0 Å². The lowest BCUT2D eigenvalue weighted by Gasteiger charge is -2.29. The fraction of sp³-hybridized carbons (Fsp3) is 0.667. The first-order valence-corrected chi connectivity index (χ1v) is 8.17. The van der Waals surface area contributed by atoms with Crippen molar-refractivity contribution >= 4 is 22.0 Å². The second-order valence-electron chi connectivity index (χ2n) is 6.20. The SMILES string of the molecule is CN(C)CC1CCCN1c1sc(C#N)c(N)c1C1CC1. The van der Waals surface area contributed by atoms with E-state index >= 15 is 0 Å². The van der Waals surface area contributed by atoms with Gasteiger partial charge < -0.3 is 15.5 Å². The smallest absolute Gasteiger partial charge is 0.130 e. The van der Waals surface area contributed by atoms with Gasteiger partial charge in [0.2, 0.25) is 0 Å². The molecular formula is C15H22N4S. The van der Waals surface area contributed by atoms with Gasteiger partial charge in [-0.3, -0.25) is 0 Å². The highest BCUT2D eigenvalue weighted by atomic mass is 32.1. The predicted molar refractivity (Wildman–Crippen MR) is 84.3 cm³/mol. The molecule has 1 aromatic rings. The molecule has 2 aliphatic rings. The van der Waals surface area contributed by atoms with Gasteiger partial charge >= 0.3 is 0 Å². The van der Waals surface area contributed by atoms with E-state index in [4.69, 9.17) is 5.73 Å². The molecule has 0 spiro atoms. The van der Waals surface area contributed by atoms with Crippen LogP contribution in [0.3, 0.4) is 0 Å². The van der Waals surface area contributed by atoms with E-state index in [0.29, 0.717) is 16.8 Å². The van der Waals surface area contributed by atoms with Crippen molar-refractivity contribution in [3.63, 3.8) is 0 Å². The van der Waals surface area contributed by atoms with Crippen LogP contribution < -0.4 is 10.6 Å². The van der Waals surface area contributed by atoms with Gasteiger partial charge in [0, 0.05) is 24.7 Å². The average molecular weight is 290 g/mol. The summed E-state index contributed by atoms with van der Waals surface area (Å²) in [5, 5.41) is 10.5. The zero-order chi connectivity index (χ0) is 14.3. The molecule has 1 aliphatic carbocycles. The molecular weight excluding hydrogens is 268 g/mol. The van der Waals surface area contributed by atoms with Crippen LogP contribution >= 0.6 is 11.3 Å². The zero-order valence-electron chi connectivity index (χ0n) is 12.2. The quantitative estimate of drug-likeness (QED) is 0.926. The third-order valence-corrected chi connectivity index (χ3v) is 5.43. The number of thiophene rings is 1. The van der Waals surface area contributed by atoms with E-state index in [0.717, 1.165) is 18.8 Å². The van der Waals surface area contributed by atoms with Crippen LogP contribution in [-0.2, 0) is 0 Å². The summed E-state index contributed by atoms with van der Waals surface area (Å²) in [5.74, 6) is 0.601. The molecule has 2 N–H and O–H groups in total. The van der Waals surface area contributed by atoms with E-state index < -0.39 is 0 Å². The number of hydrogen-bond acceptors (Lipinski definition) is 5. The molecule has 4 nitrogen and oxygen atoms in total. The van der Waals surface area contributed by atoms with Crippen LogP contribution in [0.15, 0.2) is 0 Å². The molecule has 20 heavy (non-hydrogen) atoms. The highest BCUT2D eigenvalue weighted by Gasteiger charge is 2.36. The molecule has 1 saturated carbocycles. The van der Waals surface area contributed by atoms with Gasteiger partial charge in [0.1, 0.15) is 10.9 Å². The summed E-state index contributed by atoms with van der Waals surface area (Å²) in [4.78, 5) is 5.47. The van der Waals surface area contributed by atoms with Gasteiger partial charge in [-0.25, -0.2) is 0 Å². The molecule has 5 heteroatoms. The van der Waals surface area contributed by atoms with Crippen molar-refractivity contribution in [3.8, 4) is 6.07 Å². The highest BCUT2D eigenvalue weighted by molar-refractivity contribution is 7.17. The van der Waals surface area contributed by atoms with Crippen molar-refractivity contribution < 1.29 is 0 Å². The summed E-state index contributed by atoms with van der Waals surface area (Å²) >= 11 is 1.60. The number of likely N-dealkylation sites (N-methyl/N-ethyl adjacent to an activating group) is 1. The minimum absolute atomic E-state index is 0.562. The van der Waals surface area contributed by atoms with Crippen molar-refractivity contribution in [2.24, 2.45) is 0 Å². The first-order chi connectivity index (χ1) is 9.61. The summed E-state index contributed by atoms with van der Waals surface area (Å²) in [6, 6.07) is 2.84. The number of nitrogen functional groups attached to an aromatic ring is 1. The fourth-order valence-corrected chi connectivity index (χ4v) is 4.42. The van der Waals surface area contributed by atoms with E-state index in [9.17, 15) is 5.26 Å². The molecule has 3 rings (SSSR count). The molecule has 1 aliphatic heterocycles. The Bertz CT molecular complexity index is 539. The fourth-order valence-electron chi connectivity index (χ4n) is 3.22. The Morgan fingerprint density at radius 1 is 1.40 bits per heavy atom. The lowest BCUT2D eigenvalue weighted by atomic mass is 10.1. The topological polar surface area (TPSA) is 56.3 Å². The first kappa shape index (κ1) is 13.7. The van der Waals surface area contributed by atoms with Gasteiger partial charge in [-0.05, 0) is 45.7 Å². The van der Waals surface area contributed by atoms with E-state index in [-0.39, 0.29) is 0 Å². The van der Waals surface area contributed by atoms with E-state index in [1.807, 2.05) is 0 Å². The molecule has 1 aromatic heterocycles. The normalized spacial score (nSPS) is 22.5. The second kappa shape index (κ2) is 5.27. The largest absolute Gasteiger partial charge is 0.397 e. The van der Waals surface area contributed by atoms with E-state index in [1.165, 1.54) is 36.2 Å². The van der Waals surface area contributed by atoms with E-state index in [2.05, 4.69) is 30.0 Å². The lowest BCUT2D eigenvalue weighted by Crippen LogP contribution is -2.37. The molecule has 2 heterocycles. The van der Waals surface area contributed by atoms with Crippen LogP contribution in [0.4, 0.5) is 10.7 Å². The van der Waals surface area contributed by atoms with Crippen molar-refractivity contribution in [3.05, 3.63) is 10.4 Å². The number of rotatable bonds is 4. The summed E-state index contributed by atoms with van der Waals surface area (Å²) in [6.07, 6.45) is 4.93. The molecule has 0 radical (unpaired) electrons. The molecule has 1 saturated heterocycles. The molecule has 1 atom stereocenters. The van der Waals surface area contributed by atoms with Crippen LogP contribution in [0, 0.1) is 11.3 Å². The van der Waals surface area contributed by atoms with Gasteiger partial charge in [0.05, 0.1) is 10.7 Å². The minimum Gasteiger partial charge on any atom is -0.397 e. The Morgan fingerprint density at radius 3 is 2.75 bits per heavy atom. The first-order valence-electron chi connectivity index (χ1n) is 7.35. The third-order valence-electron chi connectivity index (χ3n) is 4.26. The number of nitriles is 1. The summed E-state index contributed by atoms with van der Waals surface area (Å²) in [5.41, 5.74) is 8.25. The van der Waals surface area contributed by atoms with Gasteiger partial charge in [-0.15, -0.1) is 11.3 Å². The Hall–Kier alpha value is -1.25. The maximum Gasteiger partial charge on any atom is 0.130 e. The average Bonchev–Trinajstić information content (AvgIpc) is 3.04. The Balaban J connectivity index is 1.94. The number of nitrogens with zero attached hydrogens (tertiary/aromatic N) is 3. The maximum atomic E-state index is 9.27. The lowest BCUT2D eigenvalue weighted by molar-refractivity contribution is 0.372. The monoisotopic (exact) mass is 290 g/mol. The molecule has 108 valence electrons. The molecule has 2 fully saturated rings. The molecule has 1 unspecified atom stereocenters. The van der Waals surface area contributed by atoms with Crippen LogP contribution in [0.25, 0.3) is 0 Å². The Morgan fingerprint density at radius 2 is 2.15 bits per heavy atom.